The number of carbonyl (C=O) groups excluding carboxylic acids is 2. The number of benzene rings is 2. The molecule has 2 aromatic carbocycles. The first-order chi connectivity index (χ1) is 12.1. The summed E-state index contributed by atoms with van der Waals surface area (Å²) in [6, 6.07) is 10.6. The van der Waals surface area contributed by atoms with Crippen LogP contribution in [0.25, 0.3) is 10.9 Å². The Labute approximate surface area is 152 Å². The van der Waals surface area contributed by atoms with Gasteiger partial charge in [0.1, 0.15) is 0 Å². The zero-order valence-electron chi connectivity index (χ0n) is 13.5. The first kappa shape index (κ1) is 17.2. The quantitative estimate of drug-likeness (QED) is 0.638. The van der Waals surface area contributed by atoms with Crippen molar-refractivity contribution in [3.05, 3.63) is 58.2 Å². The molecule has 0 aliphatic heterocycles. The first-order valence-electron chi connectivity index (χ1n) is 7.76. The Morgan fingerprint density at radius 3 is 2.88 bits per heavy atom. The summed E-state index contributed by atoms with van der Waals surface area (Å²) in [5, 5.41) is 10.6. The molecule has 3 rings (SSSR count). The van der Waals surface area contributed by atoms with Gasteiger partial charge in [0.25, 0.3) is 5.91 Å². The fourth-order valence-electron chi connectivity index (χ4n) is 2.50. The molecule has 0 aliphatic rings. The van der Waals surface area contributed by atoms with Crippen LogP contribution in [-0.4, -0.2) is 28.7 Å². The number of para-hydroxylation sites is 1. The summed E-state index contributed by atoms with van der Waals surface area (Å²) in [5.74, 6) is -0.598. The van der Waals surface area contributed by atoms with Gasteiger partial charge >= 0.3 is 5.97 Å². The summed E-state index contributed by atoms with van der Waals surface area (Å²) >= 11 is 3.44. The number of nitrogens with zero attached hydrogens (tertiary/aromatic N) is 1. The normalized spacial score (nSPS) is 10.6. The van der Waals surface area contributed by atoms with E-state index in [1.165, 1.54) is 0 Å². The summed E-state index contributed by atoms with van der Waals surface area (Å²) in [7, 11) is 0. The van der Waals surface area contributed by atoms with Gasteiger partial charge < -0.3 is 10.1 Å². The summed E-state index contributed by atoms with van der Waals surface area (Å²) < 4.78 is 5.76. The van der Waals surface area contributed by atoms with Gasteiger partial charge in [-0.3, -0.25) is 14.7 Å². The fraction of sp³-hybridized carbons (Fsp3) is 0.167. The number of hydrogen-bond donors (Lipinski definition) is 2. The average Bonchev–Trinajstić information content (AvgIpc) is 3.06. The van der Waals surface area contributed by atoms with E-state index in [0.29, 0.717) is 23.4 Å². The highest BCUT2D eigenvalue weighted by Crippen LogP contribution is 2.25. The molecule has 0 saturated heterocycles. The van der Waals surface area contributed by atoms with E-state index in [-0.39, 0.29) is 18.3 Å². The van der Waals surface area contributed by atoms with Crippen molar-refractivity contribution in [1.82, 2.24) is 10.2 Å². The van der Waals surface area contributed by atoms with Gasteiger partial charge in [-0.25, -0.2) is 0 Å². The van der Waals surface area contributed by atoms with E-state index in [4.69, 9.17) is 4.74 Å². The molecule has 1 aromatic heterocycles. The predicted molar refractivity (Wildman–Crippen MR) is 98.5 cm³/mol. The minimum absolute atomic E-state index is 0.105. The maximum Gasteiger partial charge on any atom is 0.310 e. The SMILES string of the molecule is CCOC(=O)Cc1ccccc1NC(=O)c1cc(Br)c2cn[nH]c2c1. The molecule has 1 amide bonds. The number of carbonyl (C=O) groups is 2. The number of anilines is 1. The number of rotatable bonds is 5. The van der Waals surface area contributed by atoms with Crippen LogP contribution in [0, 0.1) is 0 Å². The van der Waals surface area contributed by atoms with E-state index in [0.717, 1.165) is 15.4 Å². The van der Waals surface area contributed by atoms with Crippen LogP contribution in [0.3, 0.4) is 0 Å². The largest absolute Gasteiger partial charge is 0.466 e. The van der Waals surface area contributed by atoms with Crippen LogP contribution in [0.2, 0.25) is 0 Å². The van der Waals surface area contributed by atoms with E-state index in [2.05, 4.69) is 31.4 Å². The molecule has 1 heterocycles. The van der Waals surface area contributed by atoms with Gasteiger partial charge in [-0.15, -0.1) is 0 Å². The van der Waals surface area contributed by atoms with E-state index in [1.54, 1.807) is 43.5 Å². The number of halogens is 1. The van der Waals surface area contributed by atoms with Crippen LogP contribution in [0.1, 0.15) is 22.8 Å². The molecule has 25 heavy (non-hydrogen) atoms. The van der Waals surface area contributed by atoms with Crippen molar-refractivity contribution in [1.29, 1.82) is 0 Å². The number of hydrogen-bond acceptors (Lipinski definition) is 4. The highest BCUT2D eigenvalue weighted by Gasteiger charge is 2.14. The number of esters is 1. The third-order valence-corrected chi connectivity index (χ3v) is 4.33. The lowest BCUT2D eigenvalue weighted by molar-refractivity contribution is -0.142. The van der Waals surface area contributed by atoms with Crippen molar-refractivity contribution in [2.24, 2.45) is 0 Å². The monoisotopic (exact) mass is 401 g/mol. The van der Waals surface area contributed by atoms with Crippen molar-refractivity contribution in [3.8, 4) is 0 Å². The van der Waals surface area contributed by atoms with Crippen molar-refractivity contribution in [2.45, 2.75) is 13.3 Å². The summed E-state index contributed by atoms with van der Waals surface area (Å²) in [4.78, 5) is 24.3. The van der Waals surface area contributed by atoms with Gasteiger partial charge in [0.2, 0.25) is 0 Å². The second kappa shape index (κ2) is 7.48. The molecule has 3 aromatic rings. The molecule has 0 aliphatic carbocycles. The highest BCUT2D eigenvalue weighted by atomic mass is 79.9. The average molecular weight is 402 g/mol. The molecule has 0 unspecified atom stereocenters. The van der Waals surface area contributed by atoms with Gasteiger partial charge in [0.15, 0.2) is 0 Å². The third-order valence-electron chi connectivity index (χ3n) is 3.68. The Hall–Kier alpha value is -2.67. The smallest absolute Gasteiger partial charge is 0.310 e. The number of amides is 1. The molecule has 0 atom stereocenters. The topological polar surface area (TPSA) is 84.1 Å². The highest BCUT2D eigenvalue weighted by molar-refractivity contribution is 9.10. The maximum atomic E-state index is 12.6. The van der Waals surface area contributed by atoms with E-state index in [1.807, 2.05) is 6.07 Å². The van der Waals surface area contributed by atoms with Crippen LogP contribution in [-0.2, 0) is 16.0 Å². The van der Waals surface area contributed by atoms with Crippen LogP contribution < -0.4 is 5.32 Å². The van der Waals surface area contributed by atoms with Crippen molar-refractivity contribution in [2.75, 3.05) is 11.9 Å². The Kier molecular flexibility index (Phi) is 5.14. The molecule has 0 saturated carbocycles. The number of ether oxygens (including phenoxy) is 1. The van der Waals surface area contributed by atoms with Gasteiger partial charge in [0, 0.05) is 21.1 Å². The van der Waals surface area contributed by atoms with E-state index < -0.39 is 0 Å². The number of aromatic amines is 1. The minimum Gasteiger partial charge on any atom is -0.466 e. The molecular weight excluding hydrogens is 386 g/mol. The Morgan fingerprint density at radius 1 is 1.28 bits per heavy atom. The van der Waals surface area contributed by atoms with Crippen LogP contribution in [0.4, 0.5) is 5.69 Å². The van der Waals surface area contributed by atoms with E-state index >= 15 is 0 Å². The molecule has 7 heteroatoms. The van der Waals surface area contributed by atoms with Crippen molar-refractivity contribution >= 4 is 44.4 Å². The molecule has 0 radical (unpaired) electrons. The van der Waals surface area contributed by atoms with Gasteiger partial charge in [-0.05, 0) is 30.7 Å². The zero-order chi connectivity index (χ0) is 17.8. The minimum atomic E-state index is -0.328. The standard InChI is InChI=1S/C18H16BrN3O3/c1-2-25-17(23)9-11-5-3-4-6-15(11)21-18(24)12-7-14(19)13-10-20-22-16(13)8-12/h3-8,10H,2,9H2,1H3,(H,20,22)(H,21,24). The molecule has 0 spiro atoms. The van der Waals surface area contributed by atoms with Gasteiger partial charge in [-0.2, -0.15) is 5.10 Å². The molecule has 2 N–H and O–H groups in total. The van der Waals surface area contributed by atoms with Crippen molar-refractivity contribution in [3.63, 3.8) is 0 Å². The predicted octanol–water partition coefficient (Wildman–Crippen LogP) is 3.68. The lowest BCUT2D eigenvalue weighted by Gasteiger charge is -2.11. The van der Waals surface area contributed by atoms with Crippen LogP contribution >= 0.6 is 15.9 Å². The summed E-state index contributed by atoms with van der Waals surface area (Å²) in [5.41, 5.74) is 2.53. The summed E-state index contributed by atoms with van der Waals surface area (Å²) in [6.45, 7) is 2.08. The Bertz CT molecular complexity index is 936. The molecule has 0 bridgehead atoms. The van der Waals surface area contributed by atoms with Gasteiger partial charge in [0.05, 0.1) is 24.7 Å². The Morgan fingerprint density at radius 2 is 2.08 bits per heavy atom. The first-order valence-corrected chi connectivity index (χ1v) is 8.55. The molecule has 128 valence electrons. The zero-order valence-corrected chi connectivity index (χ0v) is 15.1. The lowest BCUT2D eigenvalue weighted by atomic mass is 10.1. The third kappa shape index (κ3) is 3.88. The molecule has 0 fully saturated rings. The summed E-state index contributed by atoms with van der Waals surface area (Å²) in [6.07, 6.45) is 1.79. The second-order valence-corrected chi connectivity index (χ2v) is 6.24. The lowest BCUT2D eigenvalue weighted by Crippen LogP contribution is -2.15. The molecule has 6 nitrogen and oxygen atoms in total. The second-order valence-electron chi connectivity index (χ2n) is 5.38. The Balaban J connectivity index is 1.83. The van der Waals surface area contributed by atoms with Crippen LogP contribution in [0.15, 0.2) is 47.1 Å². The van der Waals surface area contributed by atoms with Crippen molar-refractivity contribution < 1.29 is 14.3 Å². The number of fused-ring (bicyclic) bond motifs is 1. The number of nitrogens with one attached hydrogen (secondary N) is 2. The number of aromatic nitrogens is 2. The molecular formula is C18H16BrN3O3. The van der Waals surface area contributed by atoms with E-state index in [9.17, 15) is 9.59 Å². The van der Waals surface area contributed by atoms with Gasteiger partial charge in [-0.1, -0.05) is 34.1 Å². The maximum absolute atomic E-state index is 12.6. The number of H-pyrrole nitrogens is 1. The fourth-order valence-corrected chi connectivity index (χ4v) is 3.06. The van der Waals surface area contributed by atoms with Crippen LogP contribution in [0.5, 0.6) is 0 Å².